The molecule has 1 heterocycles. The predicted octanol–water partition coefficient (Wildman–Crippen LogP) is 1.39. The van der Waals surface area contributed by atoms with Crippen LogP contribution >= 0.6 is 0 Å². The topological polar surface area (TPSA) is 121 Å². The van der Waals surface area contributed by atoms with E-state index in [9.17, 15) is 20.0 Å². The van der Waals surface area contributed by atoms with Gasteiger partial charge in [-0.3, -0.25) is 19.9 Å². The van der Waals surface area contributed by atoms with Crippen molar-refractivity contribution >= 4 is 17.8 Å². The minimum atomic E-state index is -0.766. The summed E-state index contributed by atoms with van der Waals surface area (Å²) in [6, 6.07) is 6.92. The van der Waals surface area contributed by atoms with Crippen molar-refractivity contribution in [3.63, 3.8) is 0 Å². The minimum Gasteiger partial charge on any atom is -0.868 e. The molecular weight excluding hydrogens is 300 g/mol. The number of nitrogens with one attached hydrogen (secondary N) is 1. The summed E-state index contributed by atoms with van der Waals surface area (Å²) in [5.74, 6) is -1.18. The molecule has 1 N–H and O–H groups in total. The van der Waals surface area contributed by atoms with Crippen LogP contribution in [0.25, 0.3) is 0 Å². The van der Waals surface area contributed by atoms with E-state index >= 15 is 0 Å². The number of hydrazone groups is 1. The molecule has 1 aromatic carbocycles. The maximum Gasteiger partial charge on any atom is 0.289 e. The smallest absolute Gasteiger partial charge is 0.289 e. The van der Waals surface area contributed by atoms with Gasteiger partial charge in [-0.15, -0.1) is 0 Å². The second-order valence-corrected chi connectivity index (χ2v) is 4.59. The van der Waals surface area contributed by atoms with Crippen LogP contribution in [-0.2, 0) is 6.42 Å². The second-order valence-electron chi connectivity index (χ2n) is 4.59. The van der Waals surface area contributed by atoms with Gasteiger partial charge < -0.3 is 5.11 Å². The van der Waals surface area contributed by atoms with Gasteiger partial charge >= 0.3 is 0 Å². The number of carbonyl (C=O) groups excluding carboxylic acids is 1. The largest absolute Gasteiger partial charge is 0.868 e. The van der Waals surface area contributed by atoms with Gasteiger partial charge in [0.25, 0.3) is 11.6 Å². The molecule has 8 nitrogen and oxygen atoms in total. The minimum absolute atomic E-state index is 0.209. The molecule has 0 fully saturated rings. The Bertz CT molecular complexity index is 757. The van der Waals surface area contributed by atoms with Crippen molar-refractivity contribution < 1.29 is 14.8 Å². The number of amides is 1. The Morgan fingerprint density at radius 3 is 2.78 bits per heavy atom. The number of aryl methyl sites for hydroxylation is 1. The highest BCUT2D eigenvalue weighted by atomic mass is 16.6. The molecule has 0 radical (unpaired) electrons. The van der Waals surface area contributed by atoms with Crippen LogP contribution in [-0.4, -0.2) is 22.0 Å². The first-order valence-corrected chi connectivity index (χ1v) is 6.75. The van der Waals surface area contributed by atoms with Crippen molar-refractivity contribution in [2.24, 2.45) is 5.10 Å². The Kier molecular flexibility index (Phi) is 4.98. The van der Waals surface area contributed by atoms with Crippen LogP contribution in [0, 0.1) is 10.1 Å². The third kappa shape index (κ3) is 4.10. The molecule has 1 aromatic heterocycles. The van der Waals surface area contributed by atoms with Gasteiger partial charge in [-0.1, -0.05) is 25.1 Å². The van der Waals surface area contributed by atoms with E-state index in [0.29, 0.717) is 5.56 Å². The van der Waals surface area contributed by atoms with Gasteiger partial charge in [0.1, 0.15) is 5.69 Å². The number of pyridine rings is 1. The van der Waals surface area contributed by atoms with E-state index in [2.05, 4.69) is 15.5 Å². The molecule has 0 bridgehead atoms. The Hall–Kier alpha value is -3.29. The third-order valence-corrected chi connectivity index (χ3v) is 3.03. The fourth-order valence-corrected chi connectivity index (χ4v) is 1.75. The maximum absolute atomic E-state index is 11.8. The first-order chi connectivity index (χ1) is 11.0. The highest BCUT2D eigenvalue weighted by molar-refractivity contribution is 5.93. The van der Waals surface area contributed by atoms with Crippen molar-refractivity contribution in [1.82, 2.24) is 10.4 Å². The van der Waals surface area contributed by atoms with E-state index in [4.69, 9.17) is 0 Å². The molecule has 0 aliphatic heterocycles. The third-order valence-electron chi connectivity index (χ3n) is 3.03. The molecule has 118 valence electrons. The van der Waals surface area contributed by atoms with Crippen LogP contribution in [0.2, 0.25) is 0 Å². The highest BCUT2D eigenvalue weighted by Crippen LogP contribution is 2.22. The van der Waals surface area contributed by atoms with Gasteiger partial charge in [0.05, 0.1) is 11.1 Å². The number of nitro benzene ring substituents is 1. The lowest BCUT2D eigenvalue weighted by Gasteiger charge is -2.06. The van der Waals surface area contributed by atoms with Crippen molar-refractivity contribution in [3.05, 3.63) is 63.5 Å². The molecule has 2 aromatic rings. The second kappa shape index (κ2) is 7.12. The summed E-state index contributed by atoms with van der Waals surface area (Å²) in [7, 11) is 0. The van der Waals surface area contributed by atoms with E-state index in [-0.39, 0.29) is 5.69 Å². The van der Waals surface area contributed by atoms with Crippen molar-refractivity contribution in [3.8, 4) is 5.75 Å². The molecule has 0 atom stereocenters. The zero-order valence-electron chi connectivity index (χ0n) is 12.2. The molecule has 0 aliphatic carbocycles. The standard InChI is InChI=1S/C15H14N4O4/c1-2-10-3-5-12(16-8-10)15(21)18-17-9-11-4-6-14(20)13(7-11)19(22)23/h3-9,20H,2H2,1H3,(H,18,21)/p-1/b17-9-. The summed E-state index contributed by atoms with van der Waals surface area (Å²) in [6.07, 6.45) is 3.64. The molecule has 1 amide bonds. The summed E-state index contributed by atoms with van der Waals surface area (Å²) in [5, 5.41) is 25.6. The summed E-state index contributed by atoms with van der Waals surface area (Å²) >= 11 is 0. The van der Waals surface area contributed by atoms with Crippen molar-refractivity contribution in [1.29, 1.82) is 0 Å². The summed E-state index contributed by atoms with van der Waals surface area (Å²) in [4.78, 5) is 25.7. The van der Waals surface area contributed by atoms with Gasteiger partial charge in [0.2, 0.25) is 0 Å². The predicted molar refractivity (Wildman–Crippen MR) is 81.2 cm³/mol. The zero-order chi connectivity index (χ0) is 16.8. The lowest BCUT2D eigenvalue weighted by atomic mass is 10.2. The Labute approximate surface area is 131 Å². The van der Waals surface area contributed by atoms with E-state index < -0.39 is 22.3 Å². The van der Waals surface area contributed by atoms with Crippen LogP contribution in [0.15, 0.2) is 41.6 Å². The molecule has 0 aliphatic rings. The molecule has 8 heteroatoms. The van der Waals surface area contributed by atoms with Crippen LogP contribution < -0.4 is 10.5 Å². The van der Waals surface area contributed by atoms with E-state index in [1.165, 1.54) is 12.3 Å². The highest BCUT2D eigenvalue weighted by Gasteiger charge is 2.08. The van der Waals surface area contributed by atoms with Gasteiger partial charge in [0, 0.05) is 17.8 Å². The number of hydrogen-bond donors (Lipinski definition) is 1. The van der Waals surface area contributed by atoms with Crippen molar-refractivity contribution in [2.75, 3.05) is 0 Å². The quantitative estimate of drug-likeness (QED) is 0.508. The van der Waals surface area contributed by atoms with E-state index in [1.807, 2.05) is 6.92 Å². The number of benzene rings is 1. The number of carbonyl (C=O) groups is 1. The lowest BCUT2D eigenvalue weighted by molar-refractivity contribution is -0.398. The summed E-state index contributed by atoms with van der Waals surface area (Å²) in [5.41, 5.74) is 3.27. The van der Waals surface area contributed by atoms with E-state index in [1.54, 1.807) is 18.3 Å². The van der Waals surface area contributed by atoms with Crippen molar-refractivity contribution in [2.45, 2.75) is 13.3 Å². The van der Waals surface area contributed by atoms with Crippen LogP contribution in [0.4, 0.5) is 5.69 Å². The zero-order valence-corrected chi connectivity index (χ0v) is 12.2. The lowest BCUT2D eigenvalue weighted by Crippen LogP contribution is -2.19. The molecule has 0 saturated carbocycles. The van der Waals surface area contributed by atoms with Gasteiger partial charge in [-0.05, 0) is 23.8 Å². The number of nitro groups is 1. The fourth-order valence-electron chi connectivity index (χ4n) is 1.75. The van der Waals surface area contributed by atoms with Crippen LogP contribution in [0.1, 0.15) is 28.5 Å². The number of aromatic nitrogens is 1. The van der Waals surface area contributed by atoms with E-state index in [0.717, 1.165) is 24.1 Å². The summed E-state index contributed by atoms with van der Waals surface area (Å²) in [6.45, 7) is 1.98. The molecule has 2 rings (SSSR count). The molecular formula is C15H13N4O4-. The molecule has 0 unspecified atom stereocenters. The molecule has 23 heavy (non-hydrogen) atoms. The van der Waals surface area contributed by atoms with Gasteiger partial charge in [-0.2, -0.15) is 5.10 Å². The number of hydrogen-bond acceptors (Lipinski definition) is 6. The fraction of sp³-hybridized carbons (Fsp3) is 0.133. The Morgan fingerprint density at radius 2 is 2.17 bits per heavy atom. The first-order valence-electron chi connectivity index (χ1n) is 6.75. The number of rotatable bonds is 5. The van der Waals surface area contributed by atoms with Gasteiger partial charge in [-0.25, -0.2) is 5.43 Å². The van der Waals surface area contributed by atoms with Crippen LogP contribution in [0.3, 0.4) is 0 Å². The molecule has 0 spiro atoms. The first kappa shape index (κ1) is 16.1. The number of nitrogens with zero attached hydrogens (tertiary/aromatic N) is 3. The average Bonchev–Trinajstić information content (AvgIpc) is 2.56. The summed E-state index contributed by atoms with van der Waals surface area (Å²) < 4.78 is 0. The van der Waals surface area contributed by atoms with Gasteiger partial charge in [0.15, 0.2) is 0 Å². The SMILES string of the molecule is CCc1ccc(C(=O)N/N=C\c2ccc([O-])c([N+](=O)[O-])c2)nc1. The van der Waals surface area contributed by atoms with Crippen LogP contribution in [0.5, 0.6) is 5.75 Å². The normalized spacial score (nSPS) is 10.7. The monoisotopic (exact) mass is 313 g/mol. The maximum atomic E-state index is 11.8. The average molecular weight is 313 g/mol. The Morgan fingerprint density at radius 1 is 1.39 bits per heavy atom. The molecule has 0 saturated heterocycles. The Balaban J connectivity index is 2.04.